The number of rotatable bonds is 16. The average molecular weight is 681 g/mol. The smallest absolute Gasteiger partial charge is 0.264 e. The molecule has 13 heteroatoms. The van der Waals surface area contributed by atoms with Crippen LogP contribution in [0.4, 0.5) is 5.69 Å². The fourth-order valence-corrected chi connectivity index (χ4v) is 6.38. The Morgan fingerprint density at radius 3 is 2.16 bits per heavy atom. The summed E-state index contributed by atoms with van der Waals surface area (Å²) in [4.78, 5) is 28.8. The first-order chi connectivity index (χ1) is 21.5. The number of nitrogens with one attached hydrogen (secondary N) is 1. The zero-order chi connectivity index (χ0) is 33.1. The maximum absolute atomic E-state index is 14.2. The van der Waals surface area contributed by atoms with Crippen LogP contribution in [-0.4, -0.2) is 65.1 Å². The van der Waals surface area contributed by atoms with Crippen LogP contribution in [0, 0.1) is 0 Å². The Bertz CT molecular complexity index is 1570. The minimum atomic E-state index is -4.35. The van der Waals surface area contributed by atoms with Gasteiger partial charge in [0.1, 0.15) is 18.3 Å². The second kappa shape index (κ2) is 16.6. The van der Waals surface area contributed by atoms with Crippen molar-refractivity contribution in [3.8, 4) is 17.2 Å². The van der Waals surface area contributed by atoms with Crippen LogP contribution in [0.25, 0.3) is 0 Å². The Balaban J connectivity index is 2.11. The molecule has 0 aliphatic carbocycles. The van der Waals surface area contributed by atoms with Crippen LogP contribution in [0.1, 0.15) is 39.2 Å². The molecule has 0 aromatic heterocycles. The SMILES string of the molecule is CCCNC(=O)[C@@H](CC)N(Cc1ccc(Cl)c(Cl)c1)C(=O)CN(c1ccc(OCC)cc1)S(=O)(=O)c1ccc(OC)c(OC)c1. The van der Waals surface area contributed by atoms with Crippen molar-refractivity contribution in [1.29, 1.82) is 0 Å². The Morgan fingerprint density at radius 1 is 0.889 bits per heavy atom. The van der Waals surface area contributed by atoms with Crippen molar-refractivity contribution in [3.63, 3.8) is 0 Å². The maximum atomic E-state index is 14.2. The van der Waals surface area contributed by atoms with Gasteiger partial charge < -0.3 is 24.4 Å². The van der Waals surface area contributed by atoms with Gasteiger partial charge in [0.05, 0.1) is 41.5 Å². The number of halogens is 2. The molecule has 244 valence electrons. The van der Waals surface area contributed by atoms with Crippen molar-refractivity contribution in [2.45, 2.75) is 51.1 Å². The molecule has 0 saturated carbocycles. The molecule has 2 amide bonds. The molecule has 0 radical (unpaired) electrons. The average Bonchev–Trinajstić information content (AvgIpc) is 3.04. The second-order valence-corrected chi connectivity index (χ2v) is 12.6. The lowest BCUT2D eigenvalue weighted by Crippen LogP contribution is -2.52. The fraction of sp³-hybridized carbons (Fsp3) is 0.375. The maximum Gasteiger partial charge on any atom is 0.264 e. The number of anilines is 1. The summed E-state index contributed by atoms with van der Waals surface area (Å²) in [6, 6.07) is 14.6. The lowest BCUT2D eigenvalue weighted by Gasteiger charge is -2.33. The zero-order valence-electron chi connectivity index (χ0n) is 26.0. The summed E-state index contributed by atoms with van der Waals surface area (Å²) in [5.74, 6) is 0.143. The zero-order valence-corrected chi connectivity index (χ0v) is 28.3. The molecule has 0 aliphatic rings. The molecule has 10 nitrogen and oxygen atoms in total. The Morgan fingerprint density at radius 2 is 1.58 bits per heavy atom. The predicted octanol–water partition coefficient (Wildman–Crippen LogP) is 5.94. The normalized spacial score (nSPS) is 11.8. The van der Waals surface area contributed by atoms with E-state index in [1.54, 1.807) is 49.4 Å². The van der Waals surface area contributed by atoms with Gasteiger partial charge in [0, 0.05) is 19.2 Å². The van der Waals surface area contributed by atoms with Crippen molar-refractivity contribution >= 4 is 50.7 Å². The third-order valence-electron chi connectivity index (χ3n) is 6.93. The van der Waals surface area contributed by atoms with Gasteiger partial charge in [-0.3, -0.25) is 13.9 Å². The highest BCUT2D eigenvalue weighted by Gasteiger charge is 2.34. The molecule has 0 unspecified atom stereocenters. The molecule has 3 aromatic rings. The summed E-state index contributed by atoms with van der Waals surface area (Å²) in [6.45, 7) is 5.78. The first-order valence-electron chi connectivity index (χ1n) is 14.5. The third-order valence-corrected chi connectivity index (χ3v) is 9.44. The number of ether oxygens (including phenoxy) is 3. The van der Waals surface area contributed by atoms with Gasteiger partial charge in [-0.25, -0.2) is 8.42 Å². The molecule has 1 atom stereocenters. The lowest BCUT2D eigenvalue weighted by atomic mass is 10.1. The van der Waals surface area contributed by atoms with Gasteiger partial charge in [0.15, 0.2) is 11.5 Å². The number of methoxy groups -OCH3 is 2. The number of nitrogens with zero attached hydrogens (tertiary/aromatic N) is 2. The van der Waals surface area contributed by atoms with E-state index in [9.17, 15) is 18.0 Å². The molecule has 3 rings (SSSR count). The highest BCUT2D eigenvalue weighted by molar-refractivity contribution is 7.92. The van der Waals surface area contributed by atoms with Crippen molar-refractivity contribution < 1.29 is 32.2 Å². The molecule has 0 aliphatic heterocycles. The first-order valence-corrected chi connectivity index (χ1v) is 16.7. The summed E-state index contributed by atoms with van der Waals surface area (Å²) < 4.78 is 45.6. The van der Waals surface area contributed by atoms with Crippen LogP contribution in [0.5, 0.6) is 17.2 Å². The molecule has 0 spiro atoms. The van der Waals surface area contributed by atoms with Gasteiger partial charge in [-0.2, -0.15) is 0 Å². The minimum Gasteiger partial charge on any atom is -0.494 e. The predicted molar refractivity (Wildman–Crippen MR) is 176 cm³/mol. The van der Waals surface area contributed by atoms with Gasteiger partial charge in [-0.05, 0) is 73.9 Å². The summed E-state index contributed by atoms with van der Waals surface area (Å²) in [6.07, 6.45) is 0.992. The first kappa shape index (κ1) is 35.8. The summed E-state index contributed by atoms with van der Waals surface area (Å²) in [5.41, 5.74) is 0.842. The largest absolute Gasteiger partial charge is 0.494 e. The van der Waals surface area contributed by atoms with Gasteiger partial charge in [0.2, 0.25) is 11.8 Å². The van der Waals surface area contributed by atoms with E-state index in [1.165, 1.54) is 37.3 Å². The number of carbonyl (C=O) groups excluding carboxylic acids is 2. The Hall–Kier alpha value is -3.67. The van der Waals surface area contributed by atoms with Gasteiger partial charge in [-0.15, -0.1) is 0 Å². The lowest BCUT2D eigenvalue weighted by molar-refractivity contribution is -0.140. The molecular weight excluding hydrogens is 641 g/mol. The van der Waals surface area contributed by atoms with Crippen LogP contribution < -0.4 is 23.8 Å². The van der Waals surface area contributed by atoms with Gasteiger partial charge in [-0.1, -0.05) is 43.1 Å². The molecule has 45 heavy (non-hydrogen) atoms. The van der Waals surface area contributed by atoms with E-state index < -0.39 is 28.5 Å². The van der Waals surface area contributed by atoms with Crippen LogP contribution >= 0.6 is 23.2 Å². The van der Waals surface area contributed by atoms with E-state index in [0.717, 1.165) is 4.31 Å². The monoisotopic (exact) mass is 679 g/mol. The van der Waals surface area contributed by atoms with Crippen LogP contribution in [0.2, 0.25) is 10.0 Å². The molecule has 0 saturated heterocycles. The Kier molecular flexibility index (Phi) is 13.2. The van der Waals surface area contributed by atoms with Crippen LogP contribution in [0.3, 0.4) is 0 Å². The minimum absolute atomic E-state index is 0.0126. The van der Waals surface area contributed by atoms with Crippen LogP contribution in [-0.2, 0) is 26.2 Å². The fourth-order valence-electron chi connectivity index (χ4n) is 4.63. The third kappa shape index (κ3) is 8.96. The van der Waals surface area contributed by atoms with E-state index in [4.69, 9.17) is 37.4 Å². The number of sulfonamides is 1. The molecular formula is C32H39Cl2N3O7S. The number of hydrogen-bond acceptors (Lipinski definition) is 7. The van der Waals surface area contributed by atoms with E-state index in [1.807, 2.05) is 13.8 Å². The number of carbonyl (C=O) groups is 2. The number of amides is 2. The molecule has 0 fully saturated rings. The molecule has 3 aromatic carbocycles. The van der Waals surface area contributed by atoms with Crippen molar-refractivity contribution in [3.05, 3.63) is 76.3 Å². The van der Waals surface area contributed by atoms with Gasteiger partial charge >= 0.3 is 0 Å². The molecule has 0 bridgehead atoms. The molecule has 1 N–H and O–H groups in total. The van der Waals surface area contributed by atoms with Crippen molar-refractivity contribution in [1.82, 2.24) is 10.2 Å². The Labute approximate surface area is 275 Å². The highest BCUT2D eigenvalue weighted by atomic mass is 35.5. The number of hydrogen-bond donors (Lipinski definition) is 1. The standard InChI is InChI=1S/C32H39Cl2N3O7S/c1-6-17-35-32(39)28(7-2)36(20-22-9-15-26(33)27(34)18-22)31(38)21-37(23-10-12-24(13-11-23)44-8-3)45(40,41)25-14-16-29(42-4)30(19-25)43-5/h9-16,18-19,28H,6-8,17,20-21H2,1-5H3,(H,35,39)/t28-/m1/s1. The quantitative estimate of drug-likeness (QED) is 0.199. The van der Waals surface area contributed by atoms with E-state index in [0.29, 0.717) is 41.7 Å². The van der Waals surface area contributed by atoms with Gasteiger partial charge in [0.25, 0.3) is 10.0 Å². The van der Waals surface area contributed by atoms with E-state index in [2.05, 4.69) is 5.32 Å². The summed E-state index contributed by atoms with van der Waals surface area (Å²) in [5, 5.41) is 3.49. The molecule has 0 heterocycles. The van der Waals surface area contributed by atoms with Crippen molar-refractivity contribution in [2.75, 3.05) is 38.2 Å². The number of benzene rings is 3. The van der Waals surface area contributed by atoms with Crippen molar-refractivity contribution in [2.24, 2.45) is 0 Å². The highest BCUT2D eigenvalue weighted by Crippen LogP contribution is 2.33. The summed E-state index contributed by atoms with van der Waals surface area (Å²) in [7, 11) is -1.50. The second-order valence-electron chi connectivity index (χ2n) is 9.94. The van der Waals surface area contributed by atoms with E-state index >= 15 is 0 Å². The summed E-state index contributed by atoms with van der Waals surface area (Å²) >= 11 is 12.4. The van der Waals surface area contributed by atoms with Crippen LogP contribution in [0.15, 0.2) is 65.6 Å². The van der Waals surface area contributed by atoms with E-state index in [-0.39, 0.29) is 40.2 Å². The topological polar surface area (TPSA) is 114 Å².